The molecule has 0 bridgehead atoms. The third kappa shape index (κ3) is 7.07. The molecule has 0 aliphatic rings. The number of nitrogens with zero attached hydrogens (tertiary/aromatic N) is 2. The van der Waals surface area contributed by atoms with Crippen LogP contribution in [0.25, 0.3) is 0 Å². The number of carbonyl (C=O) groups is 1. The molecule has 0 radical (unpaired) electrons. The summed E-state index contributed by atoms with van der Waals surface area (Å²) < 4.78 is 41.9. The molecule has 0 saturated heterocycles. The van der Waals surface area contributed by atoms with Crippen molar-refractivity contribution < 1.29 is 27.8 Å². The Morgan fingerprint density at radius 1 is 1.13 bits per heavy atom. The predicted molar refractivity (Wildman–Crippen MR) is 110 cm³/mol. The first-order valence-electron chi connectivity index (χ1n) is 9.58. The predicted octanol–water partition coefficient (Wildman–Crippen LogP) is 4.26. The van der Waals surface area contributed by atoms with Crippen LogP contribution in [0.2, 0.25) is 0 Å². The number of aryl methyl sites for hydroxylation is 1. The van der Waals surface area contributed by atoms with E-state index in [1.165, 1.54) is 6.07 Å². The maximum Gasteiger partial charge on any atom is 0.345 e. The molecule has 2 aromatic carbocycles. The molecule has 1 heterocycles. The second-order valence-electron chi connectivity index (χ2n) is 6.82. The summed E-state index contributed by atoms with van der Waals surface area (Å²) in [7, 11) is 1.74. The number of ether oxygens (including phenoxy) is 3. The summed E-state index contributed by atoms with van der Waals surface area (Å²) in [4.78, 5) is 12.7. The van der Waals surface area contributed by atoms with E-state index in [-0.39, 0.29) is 18.8 Å². The van der Waals surface area contributed by atoms with Crippen molar-refractivity contribution in [1.82, 2.24) is 9.78 Å². The van der Waals surface area contributed by atoms with E-state index in [0.29, 0.717) is 17.3 Å². The van der Waals surface area contributed by atoms with E-state index < -0.39 is 18.6 Å². The van der Waals surface area contributed by atoms with Crippen LogP contribution < -0.4 is 14.8 Å². The third-order valence-corrected chi connectivity index (χ3v) is 4.14. The minimum atomic E-state index is -2.88. The first-order valence-corrected chi connectivity index (χ1v) is 9.58. The molecule has 0 aliphatic heterocycles. The number of alkyl halides is 2. The van der Waals surface area contributed by atoms with Gasteiger partial charge in [0, 0.05) is 30.9 Å². The van der Waals surface area contributed by atoms with Crippen molar-refractivity contribution in [1.29, 1.82) is 0 Å². The fourth-order valence-corrected chi connectivity index (χ4v) is 2.74. The number of anilines is 1. The summed E-state index contributed by atoms with van der Waals surface area (Å²) in [6, 6.07) is 15.9. The van der Waals surface area contributed by atoms with Gasteiger partial charge in [-0.05, 0) is 24.6 Å². The fraction of sp³-hybridized carbons (Fsp3) is 0.273. The van der Waals surface area contributed by atoms with E-state index in [0.717, 1.165) is 5.56 Å². The van der Waals surface area contributed by atoms with Gasteiger partial charge in [0.05, 0.1) is 6.61 Å². The molecule has 3 rings (SSSR count). The van der Waals surface area contributed by atoms with E-state index >= 15 is 0 Å². The van der Waals surface area contributed by atoms with Crippen molar-refractivity contribution in [3.63, 3.8) is 0 Å². The Labute approximate surface area is 178 Å². The van der Waals surface area contributed by atoms with Gasteiger partial charge in [0.15, 0.2) is 5.82 Å². The lowest BCUT2D eigenvalue weighted by atomic mass is 10.1. The number of carbonyl (C=O) groups excluding carboxylic acids is 1. The highest BCUT2D eigenvalue weighted by Crippen LogP contribution is 2.25. The highest BCUT2D eigenvalue weighted by Gasteiger charge is 2.15. The second kappa shape index (κ2) is 10.5. The molecule has 0 saturated carbocycles. The van der Waals surface area contributed by atoms with Crippen molar-refractivity contribution in [2.45, 2.75) is 26.2 Å². The summed E-state index contributed by atoms with van der Waals surface area (Å²) in [5.41, 5.74) is 1.22. The van der Waals surface area contributed by atoms with Gasteiger partial charge < -0.3 is 19.5 Å². The molecule has 1 N–H and O–H groups in total. The van der Waals surface area contributed by atoms with Gasteiger partial charge in [-0.3, -0.25) is 9.48 Å². The molecule has 9 heteroatoms. The number of hydrogen-bond acceptors (Lipinski definition) is 5. The van der Waals surface area contributed by atoms with Crippen LogP contribution in [0.4, 0.5) is 14.6 Å². The van der Waals surface area contributed by atoms with Gasteiger partial charge in [-0.2, -0.15) is 13.9 Å². The number of aromatic nitrogens is 2. The Morgan fingerprint density at radius 3 is 2.55 bits per heavy atom. The van der Waals surface area contributed by atoms with E-state index in [2.05, 4.69) is 15.2 Å². The summed E-state index contributed by atoms with van der Waals surface area (Å²) in [6.07, 6.45) is 1.04. The van der Waals surface area contributed by atoms with Gasteiger partial charge in [-0.15, -0.1) is 0 Å². The third-order valence-electron chi connectivity index (χ3n) is 4.14. The molecule has 0 fully saturated rings. The lowest BCUT2D eigenvalue weighted by Gasteiger charge is -2.17. The number of amides is 1. The van der Waals surface area contributed by atoms with Gasteiger partial charge >= 0.3 is 6.61 Å². The summed E-state index contributed by atoms with van der Waals surface area (Å²) >= 11 is 0. The molecule has 0 spiro atoms. The van der Waals surface area contributed by atoms with Crippen LogP contribution >= 0.6 is 0 Å². The number of benzene rings is 2. The molecule has 164 valence electrons. The Kier molecular flexibility index (Phi) is 7.55. The largest absolute Gasteiger partial charge is 0.489 e. The first-order chi connectivity index (χ1) is 14.9. The second-order valence-corrected chi connectivity index (χ2v) is 6.82. The van der Waals surface area contributed by atoms with Crippen molar-refractivity contribution in [2.24, 2.45) is 7.05 Å². The molecule has 7 nitrogen and oxygen atoms in total. The lowest BCUT2D eigenvalue weighted by Crippen LogP contribution is -2.21. The standard InChI is InChI=1S/C22H23F2N3O4/c1-15(13-30-22(23)24)31-19-11-17(21(28)25-20-8-9-27(2)26-20)10-18(12-19)29-14-16-6-4-3-5-7-16/h3-12,15,22H,13-14H2,1-2H3,(H,25,26,28). The SMILES string of the molecule is CC(COC(F)F)Oc1cc(OCc2ccccc2)cc(C(=O)Nc2ccn(C)n2)c1. The maximum atomic E-state index is 12.7. The smallest absolute Gasteiger partial charge is 0.345 e. The van der Waals surface area contributed by atoms with Crippen LogP contribution in [-0.4, -0.2) is 35.0 Å². The number of halogens is 2. The first kappa shape index (κ1) is 22.2. The lowest BCUT2D eigenvalue weighted by molar-refractivity contribution is -0.142. The summed E-state index contributed by atoms with van der Waals surface area (Å²) in [6.45, 7) is -1.31. The Balaban J connectivity index is 1.77. The monoisotopic (exact) mass is 431 g/mol. The highest BCUT2D eigenvalue weighted by molar-refractivity contribution is 6.04. The van der Waals surface area contributed by atoms with Crippen LogP contribution in [0.3, 0.4) is 0 Å². The van der Waals surface area contributed by atoms with Crippen molar-refractivity contribution >= 4 is 11.7 Å². The van der Waals surface area contributed by atoms with Crippen molar-refractivity contribution in [3.05, 3.63) is 71.9 Å². The molecule has 31 heavy (non-hydrogen) atoms. The molecule has 1 unspecified atom stereocenters. The van der Waals surface area contributed by atoms with E-state index in [1.54, 1.807) is 43.0 Å². The number of nitrogens with one attached hydrogen (secondary N) is 1. The minimum Gasteiger partial charge on any atom is -0.489 e. The van der Waals surface area contributed by atoms with Gasteiger partial charge in [0.25, 0.3) is 5.91 Å². The van der Waals surface area contributed by atoms with Crippen LogP contribution in [0.5, 0.6) is 11.5 Å². The molecule has 0 aliphatic carbocycles. The van der Waals surface area contributed by atoms with Gasteiger partial charge in [-0.1, -0.05) is 30.3 Å². The van der Waals surface area contributed by atoms with Crippen LogP contribution in [0.1, 0.15) is 22.8 Å². The van der Waals surface area contributed by atoms with Crippen molar-refractivity contribution in [2.75, 3.05) is 11.9 Å². The minimum absolute atomic E-state index is 0.271. The van der Waals surface area contributed by atoms with E-state index in [1.807, 2.05) is 30.3 Å². The van der Waals surface area contributed by atoms with Crippen LogP contribution in [0, 0.1) is 0 Å². The van der Waals surface area contributed by atoms with Crippen molar-refractivity contribution in [3.8, 4) is 11.5 Å². The molecular formula is C22H23F2N3O4. The van der Waals surface area contributed by atoms with Crippen LogP contribution in [-0.2, 0) is 18.4 Å². The molecule has 3 aromatic rings. The number of hydrogen-bond donors (Lipinski definition) is 1. The van der Waals surface area contributed by atoms with E-state index in [9.17, 15) is 13.6 Å². The Hall–Kier alpha value is -3.46. The average Bonchev–Trinajstić information content (AvgIpc) is 3.16. The van der Waals surface area contributed by atoms with Crippen LogP contribution in [0.15, 0.2) is 60.8 Å². The number of rotatable bonds is 10. The molecular weight excluding hydrogens is 408 g/mol. The summed E-state index contributed by atoms with van der Waals surface area (Å²) in [5.74, 6) is 0.672. The Morgan fingerprint density at radius 2 is 1.87 bits per heavy atom. The average molecular weight is 431 g/mol. The quantitative estimate of drug-likeness (QED) is 0.519. The molecule has 1 amide bonds. The molecule has 1 aromatic heterocycles. The topological polar surface area (TPSA) is 74.6 Å². The highest BCUT2D eigenvalue weighted by atomic mass is 19.3. The maximum absolute atomic E-state index is 12.7. The summed E-state index contributed by atoms with van der Waals surface area (Å²) in [5, 5.41) is 6.82. The normalized spacial score (nSPS) is 11.9. The fourth-order valence-electron chi connectivity index (χ4n) is 2.74. The zero-order valence-electron chi connectivity index (χ0n) is 17.1. The zero-order chi connectivity index (χ0) is 22.2. The zero-order valence-corrected chi connectivity index (χ0v) is 17.1. The van der Waals surface area contributed by atoms with Gasteiger partial charge in [-0.25, -0.2) is 0 Å². The van der Waals surface area contributed by atoms with Gasteiger partial charge in [0.1, 0.15) is 24.2 Å². The van der Waals surface area contributed by atoms with Gasteiger partial charge in [0.2, 0.25) is 0 Å². The molecule has 1 atom stereocenters. The Bertz CT molecular complexity index is 995. The van der Waals surface area contributed by atoms with E-state index in [4.69, 9.17) is 9.47 Å².